The minimum Gasteiger partial charge on any atom is -0.356 e. The molecule has 0 aromatic rings. The molecule has 0 heterocycles. The zero-order valence-electron chi connectivity index (χ0n) is 4.29. The van der Waals surface area contributed by atoms with Crippen molar-refractivity contribution >= 4 is 12.2 Å². The second-order valence-corrected chi connectivity index (χ2v) is 0.936. The molecule has 0 aliphatic rings. The predicted octanol–water partition coefficient (Wildman–Crippen LogP) is -1.40. The van der Waals surface area contributed by atoms with Gasteiger partial charge in [0.15, 0.2) is 0 Å². The Balaban J connectivity index is 3.47. The van der Waals surface area contributed by atoms with Crippen LogP contribution in [0.25, 0.3) is 0 Å². The summed E-state index contributed by atoms with van der Waals surface area (Å²) < 4.78 is 0. The summed E-state index contributed by atoms with van der Waals surface area (Å²) in [5.41, 5.74) is 0. The van der Waals surface area contributed by atoms with Gasteiger partial charge in [-0.15, -0.1) is 0 Å². The van der Waals surface area contributed by atoms with Gasteiger partial charge in [0.25, 0.3) is 0 Å². The molecule has 5 N–H and O–H groups in total. The number of rotatable bonds is 0. The third-order valence-electron chi connectivity index (χ3n) is 0.418. The normalized spacial score (nSPS) is 7.78. The van der Waals surface area contributed by atoms with Gasteiger partial charge in [0, 0.05) is 0 Å². The Morgan fingerprint density at radius 3 is 1.67 bits per heavy atom. The van der Waals surface area contributed by atoms with Crippen molar-refractivity contribution in [2.45, 2.75) is 0 Å². The number of carbonyl (C=O) groups is 2. The van der Waals surface area contributed by atoms with Crippen LogP contribution in [0.1, 0.15) is 0 Å². The zero-order valence-corrected chi connectivity index (χ0v) is 4.29. The molecule has 0 unspecified atom stereocenters. The maximum absolute atomic E-state index is 9.97. The van der Waals surface area contributed by atoms with E-state index in [-0.39, 0.29) is 0 Å². The number of hydrogen-bond donors (Lipinski definition) is 3. The lowest BCUT2D eigenvalue weighted by Gasteiger charge is -1.96. The molecular weight excluding hydrogens is 130 g/mol. The van der Waals surface area contributed by atoms with Crippen LogP contribution in [0.4, 0.5) is 9.59 Å². The van der Waals surface area contributed by atoms with E-state index in [9.17, 15) is 9.59 Å². The summed E-state index contributed by atoms with van der Waals surface area (Å²) in [6.07, 6.45) is -2.27. The average molecular weight is 135 g/mol. The minimum atomic E-state index is -1.13. The van der Waals surface area contributed by atoms with Crippen LogP contribution in [-0.4, -0.2) is 12.2 Å². The number of nitrogens with two attached hydrogens (primary N) is 2. The maximum Gasteiger partial charge on any atom is 0.435 e. The Bertz CT molecular complexity index is 109. The van der Waals surface area contributed by atoms with Gasteiger partial charge < -0.3 is 9.68 Å². The van der Waals surface area contributed by atoms with Gasteiger partial charge in [-0.05, 0) is 0 Å². The predicted molar refractivity (Wildman–Crippen MR) is 24.5 cm³/mol. The number of amides is 2. The first-order valence-corrected chi connectivity index (χ1v) is 1.79. The second kappa shape index (κ2) is 3.64. The molecule has 0 aromatic heterocycles. The van der Waals surface area contributed by atoms with E-state index in [0.717, 1.165) is 0 Å². The van der Waals surface area contributed by atoms with E-state index in [1.165, 1.54) is 5.32 Å². The molecule has 2 amide bonds. The first-order chi connectivity index (χ1) is 4.20. The highest BCUT2D eigenvalue weighted by atomic mass is 16.7. The Kier molecular flexibility index (Phi) is 3.09. The Morgan fingerprint density at radius 1 is 1.11 bits per heavy atom. The van der Waals surface area contributed by atoms with Crippen LogP contribution in [0.2, 0.25) is 0 Å². The van der Waals surface area contributed by atoms with E-state index in [4.69, 9.17) is 0 Å². The van der Waals surface area contributed by atoms with Crippen molar-refractivity contribution in [3.63, 3.8) is 0 Å². The summed E-state index contributed by atoms with van der Waals surface area (Å²) in [5.74, 6) is 8.63. The second-order valence-electron chi connectivity index (χ2n) is 0.936. The van der Waals surface area contributed by atoms with E-state index in [2.05, 4.69) is 21.5 Å². The SMILES string of the molecule is NOC(=O)NC(=O)ON. The van der Waals surface area contributed by atoms with E-state index >= 15 is 0 Å². The molecule has 0 spiro atoms. The van der Waals surface area contributed by atoms with Crippen LogP contribution in [0, 0.1) is 0 Å². The van der Waals surface area contributed by atoms with Crippen molar-refractivity contribution in [1.29, 1.82) is 0 Å². The van der Waals surface area contributed by atoms with Crippen LogP contribution < -0.4 is 17.1 Å². The molecule has 0 aliphatic heterocycles. The van der Waals surface area contributed by atoms with Crippen LogP contribution in [0.3, 0.4) is 0 Å². The van der Waals surface area contributed by atoms with Gasteiger partial charge in [-0.1, -0.05) is 0 Å². The van der Waals surface area contributed by atoms with Crippen molar-refractivity contribution in [2.24, 2.45) is 11.8 Å². The highest BCUT2D eigenvalue weighted by molar-refractivity contribution is 5.86. The first kappa shape index (κ1) is 7.66. The highest BCUT2D eigenvalue weighted by Crippen LogP contribution is 1.69. The molecule has 7 heteroatoms. The molecule has 0 saturated carbocycles. The largest absolute Gasteiger partial charge is 0.435 e. The maximum atomic E-state index is 9.97. The summed E-state index contributed by atoms with van der Waals surface area (Å²) in [6.45, 7) is 0. The first-order valence-electron chi connectivity index (χ1n) is 1.79. The van der Waals surface area contributed by atoms with Gasteiger partial charge in [-0.3, -0.25) is 0 Å². The van der Waals surface area contributed by atoms with Crippen molar-refractivity contribution in [1.82, 2.24) is 5.32 Å². The van der Waals surface area contributed by atoms with Crippen molar-refractivity contribution in [3.8, 4) is 0 Å². The number of nitrogens with one attached hydrogen (secondary N) is 1. The fraction of sp³-hybridized carbons (Fsp3) is 0. The lowest BCUT2D eigenvalue weighted by Crippen LogP contribution is -2.34. The topological polar surface area (TPSA) is 117 Å². The minimum absolute atomic E-state index is 1.13. The molecule has 0 radical (unpaired) electrons. The van der Waals surface area contributed by atoms with Gasteiger partial charge in [-0.2, -0.15) is 11.8 Å². The molecule has 0 bridgehead atoms. The fourth-order valence-electron chi connectivity index (χ4n) is 0.142. The summed E-state index contributed by atoms with van der Waals surface area (Å²) in [7, 11) is 0. The number of imide groups is 1. The van der Waals surface area contributed by atoms with Crippen LogP contribution in [0.15, 0.2) is 0 Å². The van der Waals surface area contributed by atoms with Gasteiger partial charge in [0.2, 0.25) is 0 Å². The van der Waals surface area contributed by atoms with E-state index in [1.807, 2.05) is 0 Å². The summed E-state index contributed by atoms with van der Waals surface area (Å²) in [5, 5.41) is 1.51. The molecule has 0 atom stereocenters. The van der Waals surface area contributed by atoms with Crippen molar-refractivity contribution < 1.29 is 19.3 Å². The smallest absolute Gasteiger partial charge is 0.356 e. The third-order valence-corrected chi connectivity index (χ3v) is 0.418. The number of hydrogen-bond acceptors (Lipinski definition) is 6. The average Bonchev–Trinajstić information content (AvgIpc) is 1.87. The van der Waals surface area contributed by atoms with E-state index in [1.54, 1.807) is 0 Å². The quantitative estimate of drug-likeness (QED) is 0.351. The fourth-order valence-corrected chi connectivity index (χ4v) is 0.142. The van der Waals surface area contributed by atoms with Crippen LogP contribution in [-0.2, 0) is 9.68 Å². The van der Waals surface area contributed by atoms with Crippen LogP contribution >= 0.6 is 0 Å². The van der Waals surface area contributed by atoms with Gasteiger partial charge in [-0.25, -0.2) is 14.9 Å². The highest BCUT2D eigenvalue weighted by Gasteiger charge is 2.05. The molecule has 7 nitrogen and oxygen atoms in total. The van der Waals surface area contributed by atoms with Crippen molar-refractivity contribution in [2.75, 3.05) is 0 Å². The van der Waals surface area contributed by atoms with E-state index in [0.29, 0.717) is 0 Å². The molecule has 52 valence electrons. The Morgan fingerprint density at radius 2 is 1.44 bits per heavy atom. The molecular formula is C2H5N3O4. The van der Waals surface area contributed by atoms with E-state index < -0.39 is 12.2 Å². The lowest BCUT2D eigenvalue weighted by molar-refractivity contribution is 0.125. The summed E-state index contributed by atoms with van der Waals surface area (Å²) in [4.78, 5) is 27.0. The lowest BCUT2D eigenvalue weighted by atomic mass is 11.0. The van der Waals surface area contributed by atoms with Gasteiger partial charge in [0.05, 0.1) is 0 Å². The van der Waals surface area contributed by atoms with Gasteiger partial charge in [0.1, 0.15) is 0 Å². The molecule has 0 aliphatic carbocycles. The van der Waals surface area contributed by atoms with Gasteiger partial charge >= 0.3 is 12.2 Å². The van der Waals surface area contributed by atoms with Crippen molar-refractivity contribution in [3.05, 3.63) is 0 Å². The zero-order chi connectivity index (χ0) is 7.28. The third kappa shape index (κ3) is 3.26. The molecule has 0 fully saturated rings. The van der Waals surface area contributed by atoms with Crippen LogP contribution in [0.5, 0.6) is 0 Å². The summed E-state index contributed by atoms with van der Waals surface area (Å²) in [6, 6.07) is 0. The Hall–Kier alpha value is -1.34. The molecule has 9 heavy (non-hydrogen) atoms. The molecule has 0 rings (SSSR count). The molecule has 0 aromatic carbocycles. The standard InChI is InChI=1S/C2H5N3O4/c3-8-1(6)5-2(7)9-4/h3-4H2,(H,5,6,7). The monoisotopic (exact) mass is 135 g/mol. The Labute approximate surface area is 49.8 Å². The number of carbonyl (C=O) groups excluding carboxylic acids is 2. The summed E-state index contributed by atoms with van der Waals surface area (Å²) >= 11 is 0. The molecule has 0 saturated heterocycles.